The van der Waals surface area contributed by atoms with E-state index >= 15 is 0 Å². The van der Waals surface area contributed by atoms with Crippen LogP contribution in [0.25, 0.3) is 0 Å². The van der Waals surface area contributed by atoms with Gasteiger partial charge in [0.25, 0.3) is 0 Å². The molecule has 39 heavy (non-hydrogen) atoms. The maximum absolute atomic E-state index is 12.1. The molecule has 1 N–H and O–H groups in total. The lowest BCUT2D eigenvalue weighted by molar-refractivity contribution is -0.116. The van der Waals surface area contributed by atoms with Crippen molar-refractivity contribution in [3.05, 3.63) is 64.2 Å². The number of carbonyl (C=O) groups is 2. The molecule has 2 aromatic carbocycles. The molecule has 0 aliphatic heterocycles. The van der Waals surface area contributed by atoms with Crippen LogP contribution in [0.2, 0.25) is 0 Å². The number of hydrogen-bond donors (Lipinski definition) is 1. The number of unbranched alkanes of at least 4 members (excludes halogenated alkanes) is 1. The highest BCUT2D eigenvalue weighted by Gasteiger charge is 2.10. The van der Waals surface area contributed by atoms with Crippen LogP contribution in [0.3, 0.4) is 0 Å². The highest BCUT2D eigenvalue weighted by Crippen LogP contribution is 2.20. The number of aliphatic imine (C=N–C) groups is 3. The molecule has 0 aliphatic rings. The van der Waals surface area contributed by atoms with E-state index in [0.29, 0.717) is 40.0 Å². The number of amidine groups is 1. The zero-order valence-corrected chi connectivity index (χ0v) is 25.3. The number of aryl methyl sites for hydroxylation is 2. The molecule has 2 rings (SSSR count). The van der Waals surface area contributed by atoms with Gasteiger partial charge in [-0.1, -0.05) is 57.9 Å². The lowest BCUT2D eigenvalue weighted by Gasteiger charge is -2.09. The van der Waals surface area contributed by atoms with Gasteiger partial charge in [-0.2, -0.15) is 10.3 Å². The Morgan fingerprint density at radius 3 is 2.41 bits per heavy atom. The van der Waals surface area contributed by atoms with Crippen molar-refractivity contribution in [3.8, 4) is 6.07 Å². The molecule has 0 bridgehead atoms. The first kappa shape index (κ1) is 33.5. The average molecular weight is 548 g/mol. The summed E-state index contributed by atoms with van der Waals surface area (Å²) in [4.78, 5) is 35.8. The Balaban J connectivity index is 0.000000573. The second kappa shape index (κ2) is 17.8. The predicted molar refractivity (Wildman–Crippen MR) is 167 cm³/mol. The van der Waals surface area contributed by atoms with Gasteiger partial charge < -0.3 is 5.32 Å². The fourth-order valence-corrected chi connectivity index (χ4v) is 4.23. The van der Waals surface area contributed by atoms with Crippen LogP contribution >= 0.6 is 11.8 Å². The third kappa shape index (κ3) is 12.2. The highest BCUT2D eigenvalue weighted by molar-refractivity contribution is 8.14. The number of Topliss-reactive ketones (excluding diaryl/α,β-unsaturated/α-hetero) is 1. The van der Waals surface area contributed by atoms with Gasteiger partial charge in [-0.3, -0.25) is 9.79 Å². The number of rotatable bonds is 8. The van der Waals surface area contributed by atoms with E-state index in [0.717, 1.165) is 12.8 Å². The molecule has 0 fully saturated rings. The van der Waals surface area contributed by atoms with Crippen molar-refractivity contribution in [2.75, 3.05) is 18.1 Å². The number of hydrogen-bond acceptors (Lipinski definition) is 5. The number of benzene rings is 2. The molecule has 208 valence electrons. The predicted octanol–water partition coefficient (Wildman–Crippen LogP) is 7.90. The van der Waals surface area contributed by atoms with E-state index in [-0.39, 0.29) is 11.5 Å². The van der Waals surface area contributed by atoms with Crippen molar-refractivity contribution < 1.29 is 9.59 Å². The van der Waals surface area contributed by atoms with Crippen molar-refractivity contribution in [3.63, 3.8) is 0 Å². The Kier molecular flexibility index (Phi) is 15.3. The molecule has 0 aliphatic carbocycles. The van der Waals surface area contributed by atoms with Gasteiger partial charge in [0.05, 0.1) is 22.0 Å². The third-order valence-corrected chi connectivity index (χ3v) is 6.60. The molecule has 0 saturated heterocycles. The topological polar surface area (TPSA) is 107 Å². The smallest absolute Gasteiger partial charge is 0.305 e. The number of nitriles is 1. The maximum Gasteiger partial charge on any atom is 0.346 e. The van der Waals surface area contributed by atoms with Gasteiger partial charge in [0.2, 0.25) is 0 Å². The van der Waals surface area contributed by atoms with Gasteiger partial charge in [-0.15, -0.1) is 11.8 Å². The quantitative estimate of drug-likeness (QED) is 0.268. The fourth-order valence-electron chi connectivity index (χ4n) is 3.51. The number of anilines is 1. The van der Waals surface area contributed by atoms with Gasteiger partial charge in [0.1, 0.15) is 11.9 Å². The Morgan fingerprint density at radius 1 is 1.13 bits per heavy atom. The number of nitrogens with one attached hydrogen (secondary N) is 1. The standard InChI is InChI=1S/C20H25N5O2S.C11H16/c1-5-7-10-23-19(22-4)15-8-9-18(16(11-15)12-21)25-20(27)24-14(3)28-13-17(26)6-2;1-8(2)11-6-5-9(3)7-10(11)4/h8-11H,5-7,13H2,1-4H3,(H,25,27);5-8H,1-4H3/b22-19?,23-10?,24-14-;. The minimum atomic E-state index is -0.594. The maximum atomic E-state index is 12.1. The van der Waals surface area contributed by atoms with Crippen LogP contribution in [-0.4, -0.2) is 41.7 Å². The first-order chi connectivity index (χ1) is 18.6. The van der Waals surface area contributed by atoms with Crippen molar-refractivity contribution >= 4 is 46.4 Å². The second-order valence-electron chi connectivity index (χ2n) is 9.28. The van der Waals surface area contributed by atoms with Crippen LogP contribution in [0.5, 0.6) is 0 Å². The number of urea groups is 1. The SMILES string of the molecule is CCCC=NC(=NC)c1ccc(NC(=O)/N=C(/C)SCC(=O)CC)c(C#N)c1.Cc1ccc(C(C)C)c(C)c1. The van der Waals surface area contributed by atoms with Crippen LogP contribution in [0.1, 0.15) is 87.6 Å². The lowest BCUT2D eigenvalue weighted by atomic mass is 9.97. The van der Waals surface area contributed by atoms with E-state index < -0.39 is 6.03 Å². The van der Waals surface area contributed by atoms with Gasteiger partial charge in [-0.25, -0.2) is 9.79 Å². The largest absolute Gasteiger partial charge is 0.346 e. The third-order valence-electron chi connectivity index (χ3n) is 5.63. The molecule has 7 nitrogen and oxygen atoms in total. The minimum Gasteiger partial charge on any atom is -0.305 e. The number of carbonyl (C=O) groups excluding carboxylic acids is 2. The molecule has 0 unspecified atom stereocenters. The minimum absolute atomic E-state index is 0.0947. The first-order valence-electron chi connectivity index (χ1n) is 13.2. The van der Waals surface area contributed by atoms with Crippen LogP contribution in [0.4, 0.5) is 10.5 Å². The number of nitrogens with zero attached hydrogens (tertiary/aromatic N) is 4. The molecule has 0 spiro atoms. The number of amides is 2. The zero-order chi connectivity index (χ0) is 29.4. The number of thioether (sulfide) groups is 1. The Labute approximate surface area is 238 Å². The summed E-state index contributed by atoms with van der Waals surface area (Å²) in [6.07, 6.45) is 4.08. The van der Waals surface area contributed by atoms with Crippen molar-refractivity contribution in [2.24, 2.45) is 15.0 Å². The summed E-state index contributed by atoms with van der Waals surface area (Å²) < 4.78 is 0. The fraction of sp³-hybridized carbons (Fsp3) is 0.419. The van der Waals surface area contributed by atoms with Crippen LogP contribution in [0.15, 0.2) is 51.4 Å². The van der Waals surface area contributed by atoms with Gasteiger partial charge in [-0.05, 0) is 62.4 Å². The van der Waals surface area contributed by atoms with Crippen LogP contribution in [-0.2, 0) is 4.79 Å². The van der Waals surface area contributed by atoms with E-state index in [1.54, 1.807) is 45.3 Å². The van der Waals surface area contributed by atoms with Gasteiger partial charge in [0, 0.05) is 25.2 Å². The van der Waals surface area contributed by atoms with E-state index in [9.17, 15) is 14.9 Å². The number of ketones is 1. The summed E-state index contributed by atoms with van der Waals surface area (Å²) in [6.45, 7) is 14.3. The Bertz CT molecular complexity index is 1260. The summed E-state index contributed by atoms with van der Waals surface area (Å²) >= 11 is 1.22. The average Bonchev–Trinajstić information content (AvgIpc) is 2.90. The van der Waals surface area contributed by atoms with E-state index in [1.807, 2.05) is 0 Å². The molecule has 2 amide bonds. The zero-order valence-electron chi connectivity index (χ0n) is 24.5. The molecule has 0 radical (unpaired) electrons. The molecular weight excluding hydrogens is 506 g/mol. The molecule has 2 aromatic rings. The molecule has 0 aromatic heterocycles. The van der Waals surface area contributed by atoms with Crippen LogP contribution < -0.4 is 5.32 Å². The molecule has 8 heteroatoms. The highest BCUT2D eigenvalue weighted by atomic mass is 32.2. The van der Waals surface area contributed by atoms with Gasteiger partial charge >= 0.3 is 6.03 Å². The summed E-state index contributed by atoms with van der Waals surface area (Å²) in [6, 6.07) is 13.1. The second-order valence-corrected chi connectivity index (χ2v) is 10.4. The molecular formula is C31H41N5O2S. The molecule has 0 atom stereocenters. The summed E-state index contributed by atoms with van der Waals surface area (Å²) in [5.41, 5.74) is 5.58. The monoisotopic (exact) mass is 547 g/mol. The van der Waals surface area contributed by atoms with Crippen molar-refractivity contribution in [2.45, 2.75) is 73.6 Å². The Hall–Kier alpha value is -3.57. The summed E-state index contributed by atoms with van der Waals surface area (Å²) in [5.74, 6) is 1.55. The summed E-state index contributed by atoms with van der Waals surface area (Å²) in [7, 11) is 1.64. The van der Waals surface area contributed by atoms with Crippen molar-refractivity contribution in [1.82, 2.24) is 0 Å². The molecule has 0 heterocycles. The normalized spacial score (nSPS) is 11.7. The molecule has 0 saturated carbocycles. The van der Waals surface area contributed by atoms with Crippen LogP contribution in [0, 0.1) is 25.2 Å². The Morgan fingerprint density at radius 2 is 1.85 bits per heavy atom. The first-order valence-corrected chi connectivity index (χ1v) is 14.2. The summed E-state index contributed by atoms with van der Waals surface area (Å²) in [5, 5.41) is 12.5. The van der Waals surface area contributed by atoms with E-state index in [2.05, 4.69) is 79.2 Å². The van der Waals surface area contributed by atoms with E-state index in [4.69, 9.17) is 0 Å². The van der Waals surface area contributed by atoms with Crippen molar-refractivity contribution in [1.29, 1.82) is 5.26 Å². The van der Waals surface area contributed by atoms with Gasteiger partial charge in [0.15, 0.2) is 5.84 Å². The van der Waals surface area contributed by atoms with E-state index in [1.165, 1.54) is 28.5 Å². The lowest BCUT2D eigenvalue weighted by Crippen LogP contribution is -2.11.